The third-order valence-electron chi connectivity index (χ3n) is 5.49. The summed E-state index contributed by atoms with van der Waals surface area (Å²) in [5.74, 6) is -0.0882. The van der Waals surface area contributed by atoms with Crippen LogP contribution >= 0.6 is 11.6 Å². The van der Waals surface area contributed by atoms with E-state index in [9.17, 15) is 14.4 Å². The molecule has 8 heteroatoms. The fourth-order valence-electron chi connectivity index (χ4n) is 3.74. The van der Waals surface area contributed by atoms with Crippen molar-refractivity contribution in [1.29, 1.82) is 0 Å². The Morgan fingerprint density at radius 1 is 0.828 bits per heavy atom. The summed E-state index contributed by atoms with van der Waals surface area (Å²) in [5.41, 5.74) is 0.551. The van der Waals surface area contributed by atoms with Gasteiger partial charge in [-0.1, -0.05) is 11.6 Å². The summed E-state index contributed by atoms with van der Waals surface area (Å²) in [6.07, 6.45) is 4.34. The van der Waals surface area contributed by atoms with Gasteiger partial charge >= 0.3 is 6.03 Å². The Hall–Kier alpha value is -2.28. The maximum atomic E-state index is 12.5. The van der Waals surface area contributed by atoms with Crippen molar-refractivity contribution in [2.45, 2.75) is 32.1 Å². The average Bonchev–Trinajstić information content (AvgIpc) is 2.77. The molecule has 0 spiro atoms. The van der Waals surface area contributed by atoms with Gasteiger partial charge in [-0.15, -0.1) is 0 Å². The highest BCUT2D eigenvalue weighted by Crippen LogP contribution is 2.14. The Morgan fingerprint density at radius 2 is 1.41 bits per heavy atom. The van der Waals surface area contributed by atoms with Crippen LogP contribution in [0.3, 0.4) is 0 Å². The van der Waals surface area contributed by atoms with Gasteiger partial charge in [0.2, 0.25) is 5.91 Å². The number of carbonyl (C=O) groups is 3. The highest BCUT2D eigenvalue weighted by atomic mass is 35.5. The van der Waals surface area contributed by atoms with Gasteiger partial charge in [0, 0.05) is 62.8 Å². The third-order valence-corrected chi connectivity index (χ3v) is 5.74. The summed E-state index contributed by atoms with van der Waals surface area (Å²) in [6.45, 7) is 4.48. The Balaban J connectivity index is 1.33. The van der Waals surface area contributed by atoms with E-state index in [1.807, 2.05) is 14.7 Å². The molecule has 2 fully saturated rings. The summed E-state index contributed by atoms with van der Waals surface area (Å²) >= 11 is 5.82. The van der Waals surface area contributed by atoms with E-state index in [4.69, 9.17) is 11.6 Å². The van der Waals surface area contributed by atoms with Crippen molar-refractivity contribution in [3.05, 3.63) is 34.9 Å². The SMILES string of the molecule is O=C(NCCCC(=O)N1CCN(C(=O)N2CCCCC2)CC1)c1ccc(Cl)cc1. The highest BCUT2D eigenvalue weighted by molar-refractivity contribution is 6.30. The van der Waals surface area contributed by atoms with Gasteiger partial charge in [-0.2, -0.15) is 0 Å². The molecule has 2 aliphatic rings. The average molecular weight is 421 g/mol. The standard InChI is InChI=1S/C21H29ClN4O3/c22-18-8-6-17(7-9-18)20(28)23-10-4-5-19(27)24-13-15-26(16-14-24)21(29)25-11-2-1-3-12-25/h6-9H,1-5,10-16H2,(H,23,28). The molecular formula is C21H29ClN4O3. The number of hydrogen-bond acceptors (Lipinski definition) is 3. The van der Waals surface area contributed by atoms with Crippen molar-refractivity contribution in [2.75, 3.05) is 45.8 Å². The second kappa shape index (κ2) is 10.5. The lowest BCUT2D eigenvalue weighted by molar-refractivity contribution is -0.132. The van der Waals surface area contributed by atoms with Crippen LogP contribution < -0.4 is 5.32 Å². The van der Waals surface area contributed by atoms with Crippen LogP contribution in [0.25, 0.3) is 0 Å². The Labute approximate surface area is 177 Å². The maximum Gasteiger partial charge on any atom is 0.320 e. The molecule has 2 heterocycles. The van der Waals surface area contributed by atoms with Crippen molar-refractivity contribution in [3.8, 4) is 0 Å². The second-order valence-corrected chi connectivity index (χ2v) is 8.00. The quantitative estimate of drug-likeness (QED) is 0.744. The van der Waals surface area contributed by atoms with E-state index in [0.717, 1.165) is 25.9 Å². The number of piperidine rings is 1. The molecule has 0 aliphatic carbocycles. The first-order valence-electron chi connectivity index (χ1n) is 10.4. The van der Waals surface area contributed by atoms with Crippen LogP contribution in [-0.2, 0) is 4.79 Å². The molecule has 0 atom stereocenters. The van der Waals surface area contributed by atoms with E-state index in [0.29, 0.717) is 56.2 Å². The molecule has 0 bridgehead atoms. The van der Waals surface area contributed by atoms with Gasteiger partial charge in [-0.25, -0.2) is 4.79 Å². The maximum absolute atomic E-state index is 12.5. The number of carbonyl (C=O) groups excluding carboxylic acids is 3. The number of likely N-dealkylation sites (tertiary alicyclic amines) is 1. The molecule has 0 radical (unpaired) electrons. The van der Waals surface area contributed by atoms with Gasteiger partial charge in [0.15, 0.2) is 0 Å². The molecule has 1 N–H and O–H groups in total. The Kier molecular flexibility index (Phi) is 7.75. The Bertz CT molecular complexity index is 711. The number of piperazine rings is 1. The first kappa shape index (κ1) is 21.4. The fraction of sp³-hybridized carbons (Fsp3) is 0.571. The minimum Gasteiger partial charge on any atom is -0.352 e. The smallest absolute Gasteiger partial charge is 0.320 e. The largest absolute Gasteiger partial charge is 0.352 e. The Morgan fingerprint density at radius 3 is 2.07 bits per heavy atom. The predicted octanol–water partition coefficient (Wildman–Crippen LogP) is 2.60. The lowest BCUT2D eigenvalue weighted by Gasteiger charge is -2.38. The molecule has 7 nitrogen and oxygen atoms in total. The van der Waals surface area contributed by atoms with Gasteiger partial charge < -0.3 is 20.0 Å². The molecule has 2 aliphatic heterocycles. The number of halogens is 1. The molecule has 158 valence electrons. The monoisotopic (exact) mass is 420 g/mol. The molecule has 1 aromatic carbocycles. The third kappa shape index (κ3) is 6.10. The molecule has 0 aromatic heterocycles. The predicted molar refractivity (Wildman–Crippen MR) is 112 cm³/mol. The van der Waals surface area contributed by atoms with Crippen LogP contribution in [0.5, 0.6) is 0 Å². The van der Waals surface area contributed by atoms with Crippen molar-refractivity contribution >= 4 is 29.4 Å². The fourth-order valence-corrected chi connectivity index (χ4v) is 3.86. The summed E-state index contributed by atoms with van der Waals surface area (Å²) < 4.78 is 0. The highest BCUT2D eigenvalue weighted by Gasteiger charge is 2.27. The van der Waals surface area contributed by atoms with Gasteiger partial charge in [0.1, 0.15) is 0 Å². The number of amides is 4. The first-order chi connectivity index (χ1) is 14.0. The summed E-state index contributed by atoms with van der Waals surface area (Å²) in [4.78, 5) is 42.6. The molecule has 0 saturated carbocycles. The molecule has 0 unspecified atom stereocenters. The zero-order valence-electron chi connectivity index (χ0n) is 16.7. The van der Waals surface area contributed by atoms with Gasteiger partial charge in [0.25, 0.3) is 5.91 Å². The van der Waals surface area contributed by atoms with E-state index >= 15 is 0 Å². The normalized spacial score (nSPS) is 17.2. The van der Waals surface area contributed by atoms with E-state index in [1.54, 1.807) is 24.3 Å². The van der Waals surface area contributed by atoms with Gasteiger partial charge in [-0.3, -0.25) is 9.59 Å². The van der Waals surface area contributed by atoms with E-state index < -0.39 is 0 Å². The first-order valence-corrected chi connectivity index (χ1v) is 10.8. The summed E-state index contributed by atoms with van der Waals surface area (Å²) in [6, 6.07) is 6.81. The zero-order valence-corrected chi connectivity index (χ0v) is 17.5. The molecule has 2 saturated heterocycles. The lowest BCUT2D eigenvalue weighted by Crippen LogP contribution is -2.54. The minimum atomic E-state index is -0.168. The lowest BCUT2D eigenvalue weighted by atomic mass is 10.1. The van der Waals surface area contributed by atoms with Crippen LogP contribution in [0.4, 0.5) is 4.79 Å². The summed E-state index contributed by atoms with van der Waals surface area (Å²) in [5, 5.41) is 3.41. The topological polar surface area (TPSA) is 73.0 Å². The minimum absolute atomic E-state index is 0.0795. The van der Waals surface area contributed by atoms with E-state index in [1.165, 1.54) is 6.42 Å². The second-order valence-electron chi connectivity index (χ2n) is 7.56. The number of benzene rings is 1. The molecule has 1 aromatic rings. The van der Waals surface area contributed by atoms with Crippen molar-refractivity contribution in [1.82, 2.24) is 20.0 Å². The van der Waals surface area contributed by atoms with Crippen LogP contribution in [0, 0.1) is 0 Å². The van der Waals surface area contributed by atoms with E-state index in [-0.39, 0.29) is 17.8 Å². The van der Waals surface area contributed by atoms with Crippen molar-refractivity contribution in [3.63, 3.8) is 0 Å². The van der Waals surface area contributed by atoms with Crippen molar-refractivity contribution < 1.29 is 14.4 Å². The van der Waals surface area contributed by atoms with Crippen LogP contribution in [-0.4, -0.2) is 78.4 Å². The van der Waals surface area contributed by atoms with Crippen LogP contribution in [0.1, 0.15) is 42.5 Å². The van der Waals surface area contributed by atoms with Crippen LogP contribution in [0.15, 0.2) is 24.3 Å². The molecule has 29 heavy (non-hydrogen) atoms. The van der Waals surface area contributed by atoms with E-state index in [2.05, 4.69) is 5.32 Å². The molecule has 3 rings (SSSR count). The number of rotatable bonds is 5. The zero-order chi connectivity index (χ0) is 20.6. The molecular weight excluding hydrogens is 392 g/mol. The number of urea groups is 1. The summed E-state index contributed by atoms with van der Waals surface area (Å²) in [7, 11) is 0. The number of nitrogens with zero attached hydrogens (tertiary/aromatic N) is 3. The van der Waals surface area contributed by atoms with Crippen LogP contribution in [0.2, 0.25) is 5.02 Å². The van der Waals surface area contributed by atoms with Crippen molar-refractivity contribution in [2.24, 2.45) is 0 Å². The van der Waals surface area contributed by atoms with Gasteiger partial charge in [-0.05, 0) is 49.9 Å². The number of nitrogens with one attached hydrogen (secondary N) is 1. The number of hydrogen-bond donors (Lipinski definition) is 1. The molecule has 4 amide bonds. The van der Waals surface area contributed by atoms with Gasteiger partial charge in [0.05, 0.1) is 0 Å².